The first-order valence-electron chi connectivity index (χ1n) is 10.9. The number of aliphatic carboxylic acids is 1. The van der Waals surface area contributed by atoms with E-state index in [9.17, 15) is 15.0 Å². The van der Waals surface area contributed by atoms with E-state index in [4.69, 9.17) is 5.11 Å². The molecule has 3 aliphatic carbocycles. The molecule has 0 unspecified atom stereocenters. The van der Waals surface area contributed by atoms with E-state index in [1.165, 1.54) is 31.3 Å². The zero-order chi connectivity index (χ0) is 20.5. The lowest BCUT2D eigenvalue weighted by atomic mass is 9.60. The maximum atomic E-state index is 11.0. The monoisotopic (exact) mass is 388 g/mol. The molecule has 0 spiro atoms. The van der Waals surface area contributed by atoms with E-state index in [2.05, 4.69) is 32.6 Å². The number of aliphatic hydroxyl groups is 2. The summed E-state index contributed by atoms with van der Waals surface area (Å²) in [6.45, 7) is 8.75. The molecule has 156 valence electrons. The number of hydrogen-bond donors (Lipinski definition) is 3. The number of allylic oxidation sites excluding steroid dienone is 4. The summed E-state index contributed by atoms with van der Waals surface area (Å²) in [5.74, 6) is -0.726. The quantitative estimate of drug-likeness (QED) is 0.581. The first-order valence-corrected chi connectivity index (χ1v) is 10.9. The molecule has 3 aliphatic rings. The van der Waals surface area contributed by atoms with Gasteiger partial charge in [0, 0.05) is 19.3 Å². The Hall–Kier alpha value is -1.39. The molecule has 4 atom stereocenters. The van der Waals surface area contributed by atoms with Crippen molar-refractivity contribution >= 4 is 5.97 Å². The second-order valence-electron chi connectivity index (χ2n) is 9.70. The molecule has 0 saturated heterocycles. The third kappa shape index (κ3) is 4.44. The van der Waals surface area contributed by atoms with Crippen molar-refractivity contribution < 1.29 is 20.1 Å². The predicted octanol–water partition coefficient (Wildman–Crippen LogP) is 4.98. The Kier molecular flexibility index (Phi) is 6.21. The number of rotatable bonds is 5. The molecule has 0 bridgehead atoms. The molecule has 3 fully saturated rings. The minimum atomic E-state index is -1.61. The van der Waals surface area contributed by atoms with E-state index in [0.717, 1.165) is 24.0 Å². The fourth-order valence-corrected chi connectivity index (χ4v) is 6.18. The van der Waals surface area contributed by atoms with Crippen LogP contribution in [-0.4, -0.2) is 27.1 Å². The summed E-state index contributed by atoms with van der Waals surface area (Å²) < 4.78 is 0. The van der Waals surface area contributed by atoms with Crippen molar-refractivity contribution in [3.8, 4) is 0 Å². The van der Waals surface area contributed by atoms with Crippen molar-refractivity contribution in [2.24, 2.45) is 23.2 Å². The highest BCUT2D eigenvalue weighted by molar-refractivity contribution is 5.66. The van der Waals surface area contributed by atoms with Gasteiger partial charge < -0.3 is 15.3 Å². The summed E-state index contributed by atoms with van der Waals surface area (Å²) in [4.78, 5) is 11.0. The van der Waals surface area contributed by atoms with Crippen LogP contribution in [0.1, 0.15) is 78.1 Å². The van der Waals surface area contributed by atoms with Crippen molar-refractivity contribution in [1.82, 2.24) is 0 Å². The van der Waals surface area contributed by atoms with E-state index >= 15 is 0 Å². The normalized spacial score (nSPS) is 36.5. The summed E-state index contributed by atoms with van der Waals surface area (Å²) in [6, 6.07) is 0. The highest BCUT2D eigenvalue weighted by Gasteiger charge is 2.50. The molecule has 3 saturated carbocycles. The van der Waals surface area contributed by atoms with Crippen molar-refractivity contribution in [1.29, 1.82) is 0 Å². The van der Waals surface area contributed by atoms with Crippen molar-refractivity contribution in [2.45, 2.75) is 83.8 Å². The van der Waals surface area contributed by atoms with Crippen LogP contribution >= 0.6 is 0 Å². The first-order chi connectivity index (χ1) is 13.1. The van der Waals surface area contributed by atoms with Crippen LogP contribution in [0.5, 0.6) is 0 Å². The van der Waals surface area contributed by atoms with E-state index in [0.29, 0.717) is 30.6 Å². The molecule has 28 heavy (non-hydrogen) atoms. The van der Waals surface area contributed by atoms with Gasteiger partial charge in [-0.2, -0.15) is 0 Å². The van der Waals surface area contributed by atoms with Crippen LogP contribution in [0.25, 0.3) is 0 Å². The van der Waals surface area contributed by atoms with Crippen LogP contribution in [-0.2, 0) is 4.79 Å². The van der Waals surface area contributed by atoms with Gasteiger partial charge >= 0.3 is 5.97 Å². The summed E-state index contributed by atoms with van der Waals surface area (Å²) in [6.07, 6.45) is 12.4. The summed E-state index contributed by atoms with van der Waals surface area (Å²) >= 11 is 0. The molecule has 4 heteroatoms. The Bertz CT molecular complexity index is 687. The number of carboxylic acid groups (broad SMARTS) is 1. The minimum Gasteiger partial charge on any atom is -0.481 e. The molecule has 0 radical (unpaired) electrons. The van der Waals surface area contributed by atoms with Crippen LogP contribution in [0.15, 0.2) is 35.5 Å². The van der Waals surface area contributed by atoms with Crippen LogP contribution in [0, 0.1) is 23.2 Å². The highest BCUT2D eigenvalue weighted by atomic mass is 16.5. The standard InChI is InChI=1S/C24H36O4/c1-16-12-14-24(27,28)15-19(16)8-7-18-5-4-13-23(3)20(9-10-21(18)23)17(2)6-11-22(25)26/h7-8,17,20-21,27-28H,1,4-6,9-15H2,2-3H3,(H,25,26)/b18-7?,19-8-/t17-,20-,21+,23-/m1/s1. The van der Waals surface area contributed by atoms with Gasteiger partial charge in [-0.25, -0.2) is 0 Å². The lowest BCUT2D eigenvalue weighted by Crippen LogP contribution is -2.36. The van der Waals surface area contributed by atoms with Crippen molar-refractivity contribution in [3.05, 3.63) is 35.5 Å². The predicted molar refractivity (Wildman–Crippen MR) is 111 cm³/mol. The summed E-state index contributed by atoms with van der Waals surface area (Å²) in [5.41, 5.74) is 3.71. The largest absolute Gasteiger partial charge is 0.481 e. The number of carboxylic acids is 1. The lowest BCUT2D eigenvalue weighted by molar-refractivity contribution is -0.167. The molecular formula is C24H36O4. The van der Waals surface area contributed by atoms with E-state index in [1.54, 1.807) is 0 Å². The zero-order valence-electron chi connectivity index (χ0n) is 17.4. The molecule has 0 heterocycles. The van der Waals surface area contributed by atoms with Gasteiger partial charge in [-0.05, 0) is 73.7 Å². The molecule has 3 N–H and O–H groups in total. The van der Waals surface area contributed by atoms with E-state index in [1.807, 2.05) is 0 Å². The third-order valence-corrected chi connectivity index (χ3v) is 7.79. The number of carbonyl (C=O) groups is 1. The third-order valence-electron chi connectivity index (χ3n) is 7.79. The fourth-order valence-electron chi connectivity index (χ4n) is 6.18. The smallest absolute Gasteiger partial charge is 0.303 e. The van der Waals surface area contributed by atoms with Gasteiger partial charge in [-0.3, -0.25) is 4.79 Å². The Morgan fingerprint density at radius 3 is 2.71 bits per heavy atom. The molecule has 0 aromatic heterocycles. The van der Waals surface area contributed by atoms with Crippen molar-refractivity contribution in [2.75, 3.05) is 0 Å². The van der Waals surface area contributed by atoms with Gasteiger partial charge in [0.1, 0.15) is 0 Å². The maximum Gasteiger partial charge on any atom is 0.303 e. The SMILES string of the molecule is C=C1CCC(O)(O)C/C1=C/C=C1CCC[C@]2(C)[C@@H]([C@H](C)CCC(=O)O)CC[C@@H]12. The minimum absolute atomic E-state index is 0.252. The first kappa shape index (κ1) is 21.3. The van der Waals surface area contributed by atoms with Gasteiger partial charge in [0.05, 0.1) is 0 Å². The highest BCUT2D eigenvalue weighted by Crippen LogP contribution is 2.59. The molecular weight excluding hydrogens is 352 g/mol. The van der Waals surface area contributed by atoms with E-state index < -0.39 is 11.8 Å². The van der Waals surface area contributed by atoms with Gasteiger partial charge in [-0.15, -0.1) is 0 Å². The molecule has 0 amide bonds. The van der Waals surface area contributed by atoms with Crippen LogP contribution in [0.3, 0.4) is 0 Å². The second-order valence-corrected chi connectivity index (χ2v) is 9.70. The van der Waals surface area contributed by atoms with Crippen LogP contribution in [0.2, 0.25) is 0 Å². The average Bonchev–Trinajstić information content (AvgIpc) is 2.98. The number of fused-ring (bicyclic) bond motifs is 1. The Morgan fingerprint density at radius 1 is 1.25 bits per heavy atom. The van der Waals surface area contributed by atoms with Gasteiger partial charge in [-0.1, -0.05) is 43.7 Å². The Balaban J connectivity index is 1.76. The van der Waals surface area contributed by atoms with Crippen LogP contribution in [0.4, 0.5) is 0 Å². The molecule has 0 aliphatic heterocycles. The average molecular weight is 389 g/mol. The Morgan fingerprint density at radius 2 is 2.00 bits per heavy atom. The van der Waals surface area contributed by atoms with E-state index in [-0.39, 0.29) is 18.3 Å². The lowest BCUT2D eigenvalue weighted by Gasteiger charge is -2.44. The summed E-state index contributed by atoms with van der Waals surface area (Å²) in [7, 11) is 0. The Labute approximate surface area is 169 Å². The van der Waals surface area contributed by atoms with Crippen molar-refractivity contribution in [3.63, 3.8) is 0 Å². The topological polar surface area (TPSA) is 77.8 Å². The molecule has 0 aromatic carbocycles. The maximum absolute atomic E-state index is 11.0. The molecule has 3 rings (SSSR count). The summed E-state index contributed by atoms with van der Waals surface area (Å²) in [5, 5.41) is 29.0. The number of hydrogen-bond acceptors (Lipinski definition) is 3. The zero-order valence-corrected chi connectivity index (χ0v) is 17.4. The van der Waals surface area contributed by atoms with Crippen LogP contribution < -0.4 is 0 Å². The van der Waals surface area contributed by atoms with Gasteiger partial charge in [0.2, 0.25) is 0 Å². The fraction of sp³-hybridized carbons (Fsp3) is 0.708. The van der Waals surface area contributed by atoms with Gasteiger partial charge in [0.15, 0.2) is 5.79 Å². The molecule has 0 aromatic rings. The molecule has 4 nitrogen and oxygen atoms in total. The van der Waals surface area contributed by atoms with Gasteiger partial charge in [0.25, 0.3) is 0 Å². The second kappa shape index (κ2) is 8.16.